The van der Waals surface area contributed by atoms with Gasteiger partial charge in [0.1, 0.15) is 13.3 Å². The first kappa shape index (κ1) is 12.6. The van der Waals surface area contributed by atoms with Crippen LogP contribution in [0, 0.1) is 0 Å². The first-order valence-corrected chi connectivity index (χ1v) is 4.81. The largest absolute Gasteiger partial charge is 0.493 e. The molecule has 90 valence electrons. The van der Waals surface area contributed by atoms with Gasteiger partial charge in [-0.15, -0.1) is 0 Å². The first-order chi connectivity index (χ1) is 7.76. The molecule has 0 bridgehead atoms. The normalized spacial score (nSPS) is 10.0. The van der Waals surface area contributed by atoms with E-state index in [0.29, 0.717) is 22.8 Å². The van der Waals surface area contributed by atoms with Gasteiger partial charge in [0.05, 0.1) is 20.8 Å². The zero-order chi connectivity index (χ0) is 12.0. The van der Waals surface area contributed by atoms with Crippen molar-refractivity contribution in [3.8, 4) is 17.2 Å². The van der Waals surface area contributed by atoms with Crippen LogP contribution < -0.4 is 14.2 Å². The molecule has 0 amide bonds. The standard InChI is InChI=1S/C11H15FO4/c1-14-9-5-8(7-13)6-10(15-2)11(9)16-4-3-12/h5-6,13H,3-4,7H2,1-2H3. The number of benzene rings is 1. The highest BCUT2D eigenvalue weighted by Crippen LogP contribution is 2.38. The third-order valence-corrected chi connectivity index (χ3v) is 2.03. The van der Waals surface area contributed by atoms with E-state index in [1.165, 1.54) is 14.2 Å². The molecule has 0 unspecified atom stereocenters. The summed E-state index contributed by atoms with van der Waals surface area (Å²) in [5.41, 5.74) is 0.640. The minimum Gasteiger partial charge on any atom is -0.493 e. The summed E-state index contributed by atoms with van der Waals surface area (Å²) in [4.78, 5) is 0. The lowest BCUT2D eigenvalue weighted by atomic mass is 10.2. The van der Waals surface area contributed by atoms with Crippen molar-refractivity contribution < 1.29 is 23.7 Å². The molecule has 1 N–H and O–H groups in total. The van der Waals surface area contributed by atoms with Crippen LogP contribution in [0.15, 0.2) is 12.1 Å². The van der Waals surface area contributed by atoms with Crippen molar-refractivity contribution in [1.29, 1.82) is 0 Å². The fourth-order valence-electron chi connectivity index (χ4n) is 1.31. The number of aliphatic hydroxyl groups is 1. The molecule has 0 aliphatic rings. The second-order valence-corrected chi connectivity index (χ2v) is 3.03. The zero-order valence-electron chi connectivity index (χ0n) is 9.33. The molecule has 0 heterocycles. The molecule has 5 heteroatoms. The van der Waals surface area contributed by atoms with Crippen molar-refractivity contribution >= 4 is 0 Å². The van der Waals surface area contributed by atoms with E-state index >= 15 is 0 Å². The average Bonchev–Trinajstić information content (AvgIpc) is 2.35. The second-order valence-electron chi connectivity index (χ2n) is 3.03. The van der Waals surface area contributed by atoms with E-state index in [9.17, 15) is 4.39 Å². The van der Waals surface area contributed by atoms with Crippen LogP contribution in [-0.4, -0.2) is 32.6 Å². The van der Waals surface area contributed by atoms with E-state index in [4.69, 9.17) is 19.3 Å². The van der Waals surface area contributed by atoms with Gasteiger partial charge in [-0.1, -0.05) is 0 Å². The van der Waals surface area contributed by atoms with Crippen molar-refractivity contribution in [3.05, 3.63) is 17.7 Å². The molecule has 1 aromatic rings. The van der Waals surface area contributed by atoms with Gasteiger partial charge in [0, 0.05) is 0 Å². The quantitative estimate of drug-likeness (QED) is 0.805. The molecule has 4 nitrogen and oxygen atoms in total. The maximum atomic E-state index is 12.0. The van der Waals surface area contributed by atoms with Crippen LogP contribution >= 0.6 is 0 Å². The summed E-state index contributed by atoms with van der Waals surface area (Å²) in [5, 5.41) is 9.03. The van der Waals surface area contributed by atoms with E-state index in [0.717, 1.165) is 0 Å². The second kappa shape index (κ2) is 6.17. The monoisotopic (exact) mass is 230 g/mol. The molecular weight excluding hydrogens is 215 g/mol. The smallest absolute Gasteiger partial charge is 0.203 e. The molecule has 0 fully saturated rings. The number of alkyl halides is 1. The zero-order valence-corrected chi connectivity index (χ0v) is 9.33. The fraction of sp³-hybridized carbons (Fsp3) is 0.455. The summed E-state index contributed by atoms with van der Waals surface area (Å²) in [7, 11) is 2.94. The van der Waals surface area contributed by atoms with Crippen molar-refractivity contribution in [2.45, 2.75) is 6.61 Å². The third-order valence-electron chi connectivity index (χ3n) is 2.03. The van der Waals surface area contributed by atoms with Crippen molar-refractivity contribution in [3.63, 3.8) is 0 Å². The van der Waals surface area contributed by atoms with Crippen LogP contribution in [0.4, 0.5) is 4.39 Å². The Hall–Kier alpha value is -1.49. The molecular formula is C11H15FO4. The van der Waals surface area contributed by atoms with Crippen molar-refractivity contribution in [2.24, 2.45) is 0 Å². The predicted octanol–water partition coefficient (Wildman–Crippen LogP) is 1.54. The van der Waals surface area contributed by atoms with Crippen LogP contribution in [-0.2, 0) is 6.61 Å². The van der Waals surface area contributed by atoms with Crippen LogP contribution in [0.1, 0.15) is 5.56 Å². The highest BCUT2D eigenvalue weighted by molar-refractivity contribution is 5.53. The van der Waals surface area contributed by atoms with Gasteiger partial charge in [0.2, 0.25) is 5.75 Å². The van der Waals surface area contributed by atoms with Gasteiger partial charge in [-0.05, 0) is 17.7 Å². The fourth-order valence-corrected chi connectivity index (χ4v) is 1.31. The van der Waals surface area contributed by atoms with Gasteiger partial charge < -0.3 is 19.3 Å². The number of ether oxygens (including phenoxy) is 3. The van der Waals surface area contributed by atoms with Crippen molar-refractivity contribution in [2.75, 3.05) is 27.5 Å². The van der Waals surface area contributed by atoms with Crippen molar-refractivity contribution in [1.82, 2.24) is 0 Å². The van der Waals surface area contributed by atoms with E-state index in [1.807, 2.05) is 0 Å². The molecule has 1 aromatic carbocycles. The summed E-state index contributed by atoms with van der Waals surface area (Å²) in [6.45, 7) is -0.782. The first-order valence-electron chi connectivity index (χ1n) is 4.81. The summed E-state index contributed by atoms with van der Waals surface area (Å²) < 4.78 is 27.4. The lowest BCUT2D eigenvalue weighted by Gasteiger charge is -2.14. The summed E-state index contributed by atoms with van der Waals surface area (Å²) in [6.07, 6.45) is 0. The Bertz CT molecular complexity index is 316. The van der Waals surface area contributed by atoms with E-state index in [2.05, 4.69) is 0 Å². The minimum atomic E-state index is -0.589. The lowest BCUT2D eigenvalue weighted by Crippen LogP contribution is -2.03. The Balaban J connectivity index is 3.09. The number of hydrogen-bond donors (Lipinski definition) is 1. The molecule has 0 saturated carbocycles. The number of rotatable bonds is 6. The maximum Gasteiger partial charge on any atom is 0.203 e. The van der Waals surface area contributed by atoms with E-state index < -0.39 is 6.67 Å². The van der Waals surface area contributed by atoms with Crippen LogP contribution in [0.2, 0.25) is 0 Å². The van der Waals surface area contributed by atoms with Gasteiger partial charge in [-0.2, -0.15) is 0 Å². The topological polar surface area (TPSA) is 47.9 Å². The molecule has 0 radical (unpaired) electrons. The van der Waals surface area contributed by atoms with E-state index in [1.54, 1.807) is 12.1 Å². The molecule has 16 heavy (non-hydrogen) atoms. The summed E-state index contributed by atoms with van der Waals surface area (Å²) in [6, 6.07) is 3.24. The average molecular weight is 230 g/mol. The van der Waals surface area contributed by atoms with Gasteiger partial charge in [-0.25, -0.2) is 4.39 Å². The van der Waals surface area contributed by atoms with Crippen LogP contribution in [0.5, 0.6) is 17.2 Å². The maximum absolute atomic E-state index is 12.0. The van der Waals surface area contributed by atoms with Gasteiger partial charge >= 0.3 is 0 Å². The highest BCUT2D eigenvalue weighted by Gasteiger charge is 2.13. The lowest BCUT2D eigenvalue weighted by molar-refractivity contribution is 0.245. The van der Waals surface area contributed by atoms with Gasteiger partial charge in [0.25, 0.3) is 0 Å². The third kappa shape index (κ3) is 2.76. The Kier molecular flexibility index (Phi) is 4.85. The molecule has 1 rings (SSSR count). The predicted molar refractivity (Wildman–Crippen MR) is 56.9 cm³/mol. The number of aliphatic hydroxyl groups excluding tert-OH is 1. The Morgan fingerprint density at radius 1 is 1.19 bits per heavy atom. The van der Waals surface area contributed by atoms with E-state index in [-0.39, 0.29) is 13.2 Å². The molecule has 0 aliphatic carbocycles. The molecule has 0 spiro atoms. The van der Waals surface area contributed by atoms with Crippen LogP contribution in [0.3, 0.4) is 0 Å². The van der Waals surface area contributed by atoms with Gasteiger partial charge in [-0.3, -0.25) is 0 Å². The molecule has 0 aliphatic heterocycles. The SMILES string of the molecule is COc1cc(CO)cc(OC)c1OCCF. The molecule has 0 atom stereocenters. The Morgan fingerprint density at radius 2 is 1.75 bits per heavy atom. The van der Waals surface area contributed by atoms with Crippen LogP contribution in [0.25, 0.3) is 0 Å². The number of halogens is 1. The number of hydrogen-bond acceptors (Lipinski definition) is 4. The molecule has 0 saturated heterocycles. The molecule has 0 aromatic heterocycles. The summed E-state index contributed by atoms with van der Waals surface area (Å²) in [5.74, 6) is 1.17. The minimum absolute atomic E-state index is 0.0643. The Labute approximate surface area is 93.6 Å². The number of methoxy groups -OCH3 is 2. The van der Waals surface area contributed by atoms with Gasteiger partial charge in [0.15, 0.2) is 11.5 Å². The Morgan fingerprint density at radius 3 is 2.12 bits per heavy atom. The highest BCUT2D eigenvalue weighted by atomic mass is 19.1. The summed E-state index contributed by atoms with van der Waals surface area (Å²) >= 11 is 0.